The minimum Gasteiger partial charge on any atom is -0.481 e. The number of piperidine rings is 1. The fraction of sp³-hybridized carbons (Fsp3) is 0.750. The summed E-state index contributed by atoms with van der Waals surface area (Å²) in [7, 11) is 0. The first-order chi connectivity index (χ1) is 9.49. The number of carboxylic acid groups (broad SMARTS) is 2. The molecule has 0 unspecified atom stereocenters. The van der Waals surface area contributed by atoms with Gasteiger partial charge >= 0.3 is 11.9 Å². The molecule has 0 spiro atoms. The zero-order valence-electron chi connectivity index (χ0n) is 11.1. The molecule has 8 nitrogen and oxygen atoms in total. The van der Waals surface area contributed by atoms with Crippen LogP contribution in [0.3, 0.4) is 0 Å². The van der Waals surface area contributed by atoms with E-state index in [-0.39, 0.29) is 25.6 Å². The van der Waals surface area contributed by atoms with Gasteiger partial charge in [0.1, 0.15) is 12.6 Å². The van der Waals surface area contributed by atoms with E-state index in [9.17, 15) is 14.4 Å². The van der Waals surface area contributed by atoms with Crippen molar-refractivity contribution in [2.75, 3.05) is 19.7 Å². The number of carboxylic acids is 2. The Kier molecular flexibility index (Phi) is 6.96. The molecular weight excluding hydrogens is 268 g/mol. The number of ether oxygens (including phenoxy) is 1. The first-order valence-electron chi connectivity index (χ1n) is 6.55. The van der Waals surface area contributed by atoms with E-state index in [0.29, 0.717) is 0 Å². The number of hydrogen-bond acceptors (Lipinski definition) is 5. The lowest BCUT2D eigenvalue weighted by Gasteiger charge is -2.23. The first kappa shape index (κ1) is 16.4. The van der Waals surface area contributed by atoms with Crippen molar-refractivity contribution in [1.82, 2.24) is 10.6 Å². The van der Waals surface area contributed by atoms with Gasteiger partial charge in [0.05, 0.1) is 6.10 Å². The van der Waals surface area contributed by atoms with Gasteiger partial charge in [0, 0.05) is 6.42 Å². The number of rotatable bonds is 8. The van der Waals surface area contributed by atoms with Crippen molar-refractivity contribution in [3.05, 3.63) is 0 Å². The molecule has 1 fully saturated rings. The molecule has 4 N–H and O–H groups in total. The number of carbonyl (C=O) groups is 3. The molecule has 1 saturated heterocycles. The monoisotopic (exact) mass is 288 g/mol. The lowest BCUT2D eigenvalue weighted by molar-refractivity contribution is -0.144. The van der Waals surface area contributed by atoms with E-state index in [1.54, 1.807) is 0 Å². The highest BCUT2D eigenvalue weighted by molar-refractivity contribution is 5.84. The SMILES string of the molecule is O=C(O)CC[C@H](NC(=O)COC1CCNCC1)C(=O)O. The van der Waals surface area contributed by atoms with Gasteiger partial charge in [-0.1, -0.05) is 0 Å². The molecule has 1 heterocycles. The van der Waals surface area contributed by atoms with Crippen molar-refractivity contribution in [3.63, 3.8) is 0 Å². The Morgan fingerprint density at radius 2 is 1.90 bits per heavy atom. The summed E-state index contributed by atoms with van der Waals surface area (Å²) in [4.78, 5) is 32.9. The molecule has 0 aromatic carbocycles. The zero-order valence-corrected chi connectivity index (χ0v) is 11.1. The summed E-state index contributed by atoms with van der Waals surface area (Å²) in [6, 6.07) is -1.20. The average molecular weight is 288 g/mol. The lowest BCUT2D eigenvalue weighted by atomic mass is 10.1. The molecule has 0 radical (unpaired) electrons. The molecule has 0 aromatic rings. The molecular formula is C12H20N2O6. The molecule has 1 atom stereocenters. The molecule has 0 aliphatic carbocycles. The third-order valence-corrected chi connectivity index (χ3v) is 3.02. The summed E-state index contributed by atoms with van der Waals surface area (Å²) < 4.78 is 5.39. The highest BCUT2D eigenvalue weighted by atomic mass is 16.5. The van der Waals surface area contributed by atoms with Crippen LogP contribution < -0.4 is 10.6 Å². The molecule has 114 valence electrons. The maximum absolute atomic E-state index is 11.6. The number of aliphatic carboxylic acids is 2. The van der Waals surface area contributed by atoms with Gasteiger partial charge in [0.2, 0.25) is 5.91 Å². The van der Waals surface area contributed by atoms with E-state index in [2.05, 4.69) is 10.6 Å². The van der Waals surface area contributed by atoms with Crippen LogP contribution in [0.5, 0.6) is 0 Å². The second-order valence-electron chi connectivity index (χ2n) is 4.65. The molecule has 1 rings (SSSR count). The zero-order chi connectivity index (χ0) is 15.0. The molecule has 0 bridgehead atoms. The van der Waals surface area contributed by atoms with Crippen LogP contribution in [0.4, 0.5) is 0 Å². The summed E-state index contributed by atoms with van der Waals surface area (Å²) in [5.41, 5.74) is 0. The van der Waals surface area contributed by atoms with Crippen LogP contribution in [0, 0.1) is 0 Å². The number of nitrogens with one attached hydrogen (secondary N) is 2. The first-order valence-corrected chi connectivity index (χ1v) is 6.55. The third kappa shape index (κ3) is 6.48. The van der Waals surface area contributed by atoms with Crippen molar-refractivity contribution in [1.29, 1.82) is 0 Å². The summed E-state index contributed by atoms with van der Waals surface area (Å²) >= 11 is 0. The Balaban J connectivity index is 2.29. The average Bonchev–Trinajstić information content (AvgIpc) is 2.41. The maximum atomic E-state index is 11.6. The number of amides is 1. The Labute approximate surface area is 116 Å². The fourth-order valence-corrected chi connectivity index (χ4v) is 1.92. The second kappa shape index (κ2) is 8.49. The van der Waals surface area contributed by atoms with Crippen LogP contribution in [-0.4, -0.2) is 59.9 Å². The molecule has 0 aromatic heterocycles. The molecule has 1 amide bonds. The Bertz CT molecular complexity index is 354. The Morgan fingerprint density at radius 1 is 1.25 bits per heavy atom. The van der Waals surface area contributed by atoms with Crippen LogP contribution in [0.2, 0.25) is 0 Å². The van der Waals surface area contributed by atoms with Crippen molar-refractivity contribution in [3.8, 4) is 0 Å². The van der Waals surface area contributed by atoms with Gasteiger partial charge in [-0.05, 0) is 32.4 Å². The molecule has 1 aliphatic heterocycles. The largest absolute Gasteiger partial charge is 0.481 e. The van der Waals surface area contributed by atoms with Crippen LogP contribution in [0.1, 0.15) is 25.7 Å². The van der Waals surface area contributed by atoms with Crippen LogP contribution in [0.15, 0.2) is 0 Å². The quantitative estimate of drug-likeness (QED) is 0.460. The molecule has 1 aliphatic rings. The van der Waals surface area contributed by atoms with Gasteiger partial charge in [-0.25, -0.2) is 4.79 Å². The Morgan fingerprint density at radius 3 is 2.45 bits per heavy atom. The van der Waals surface area contributed by atoms with E-state index in [1.165, 1.54) is 0 Å². The standard InChI is InChI=1S/C12H20N2O6/c15-10(7-20-8-3-5-13-6-4-8)14-9(12(18)19)1-2-11(16)17/h8-9,13H,1-7H2,(H,14,15)(H,16,17)(H,18,19)/t9-/m0/s1. The van der Waals surface area contributed by atoms with Crippen molar-refractivity contribution >= 4 is 17.8 Å². The maximum Gasteiger partial charge on any atom is 0.326 e. The molecule has 20 heavy (non-hydrogen) atoms. The normalized spacial score (nSPS) is 17.4. The summed E-state index contributed by atoms with van der Waals surface area (Å²) in [5.74, 6) is -2.89. The van der Waals surface area contributed by atoms with Crippen molar-refractivity contribution < 1.29 is 29.3 Å². The van der Waals surface area contributed by atoms with Gasteiger partial charge in [-0.2, -0.15) is 0 Å². The van der Waals surface area contributed by atoms with Crippen LogP contribution >= 0.6 is 0 Å². The van der Waals surface area contributed by atoms with Crippen molar-refractivity contribution in [2.45, 2.75) is 37.8 Å². The van der Waals surface area contributed by atoms with Gasteiger partial charge in [0.25, 0.3) is 0 Å². The minimum atomic E-state index is -1.25. The highest BCUT2D eigenvalue weighted by Gasteiger charge is 2.22. The lowest BCUT2D eigenvalue weighted by Crippen LogP contribution is -2.43. The second-order valence-corrected chi connectivity index (χ2v) is 4.65. The minimum absolute atomic E-state index is 0.00398. The van der Waals surface area contributed by atoms with E-state index >= 15 is 0 Å². The van der Waals surface area contributed by atoms with Crippen LogP contribution in [-0.2, 0) is 19.1 Å². The molecule has 0 saturated carbocycles. The smallest absolute Gasteiger partial charge is 0.326 e. The summed E-state index contributed by atoms with van der Waals surface area (Å²) in [6.07, 6.45) is 1.17. The van der Waals surface area contributed by atoms with E-state index < -0.39 is 23.9 Å². The van der Waals surface area contributed by atoms with E-state index in [4.69, 9.17) is 14.9 Å². The van der Waals surface area contributed by atoms with Gasteiger partial charge in [-0.15, -0.1) is 0 Å². The summed E-state index contributed by atoms with van der Waals surface area (Å²) in [6.45, 7) is 1.47. The van der Waals surface area contributed by atoms with Gasteiger partial charge < -0.3 is 25.6 Å². The number of carbonyl (C=O) groups excluding carboxylic acids is 1. The predicted molar refractivity (Wildman–Crippen MR) is 68.3 cm³/mol. The third-order valence-electron chi connectivity index (χ3n) is 3.02. The van der Waals surface area contributed by atoms with E-state index in [0.717, 1.165) is 25.9 Å². The van der Waals surface area contributed by atoms with Crippen LogP contribution in [0.25, 0.3) is 0 Å². The van der Waals surface area contributed by atoms with E-state index in [1.807, 2.05) is 0 Å². The van der Waals surface area contributed by atoms with Gasteiger partial charge in [-0.3, -0.25) is 9.59 Å². The van der Waals surface area contributed by atoms with Gasteiger partial charge in [0.15, 0.2) is 0 Å². The molecule has 8 heteroatoms. The Hall–Kier alpha value is -1.67. The number of hydrogen-bond donors (Lipinski definition) is 4. The fourth-order valence-electron chi connectivity index (χ4n) is 1.92. The predicted octanol–water partition coefficient (Wildman–Crippen LogP) is -0.811. The highest BCUT2D eigenvalue weighted by Crippen LogP contribution is 2.06. The van der Waals surface area contributed by atoms with Crippen molar-refractivity contribution in [2.24, 2.45) is 0 Å². The summed E-state index contributed by atoms with van der Waals surface area (Å²) in [5, 5.41) is 22.8. The topological polar surface area (TPSA) is 125 Å².